The molecule has 0 aliphatic carbocycles. The van der Waals surface area contributed by atoms with Gasteiger partial charge in [0, 0.05) is 24.1 Å². The predicted octanol–water partition coefficient (Wildman–Crippen LogP) is 4.44. The molecule has 0 amide bonds. The second kappa shape index (κ2) is 10.0. The van der Waals surface area contributed by atoms with Crippen molar-refractivity contribution in [3.63, 3.8) is 0 Å². The van der Waals surface area contributed by atoms with Crippen molar-refractivity contribution in [1.29, 1.82) is 0 Å². The molecule has 2 heterocycles. The van der Waals surface area contributed by atoms with Gasteiger partial charge >= 0.3 is 5.97 Å². The molecule has 0 unspecified atom stereocenters. The Kier molecular flexibility index (Phi) is 7.17. The van der Waals surface area contributed by atoms with Gasteiger partial charge in [-0.1, -0.05) is 30.9 Å². The first-order valence-electron chi connectivity index (χ1n) is 9.53. The number of nitrogens with zero attached hydrogens (tertiary/aromatic N) is 2. The second-order valence-corrected chi connectivity index (χ2v) is 7.69. The summed E-state index contributed by atoms with van der Waals surface area (Å²) in [5, 5.41) is 12.3. The molecule has 0 atom stereocenters. The minimum absolute atomic E-state index is 0.00520. The predicted molar refractivity (Wildman–Crippen MR) is 119 cm³/mol. The van der Waals surface area contributed by atoms with Crippen LogP contribution in [-0.4, -0.2) is 34.8 Å². The van der Waals surface area contributed by atoms with Crippen LogP contribution in [0.2, 0.25) is 0 Å². The summed E-state index contributed by atoms with van der Waals surface area (Å²) in [6.45, 7) is 4.45. The largest absolute Gasteiger partial charge is 0.481 e. The van der Waals surface area contributed by atoms with Gasteiger partial charge in [-0.3, -0.25) is 4.79 Å². The summed E-state index contributed by atoms with van der Waals surface area (Å²) >= 11 is 1.54. The average Bonchev–Trinajstić information content (AvgIpc) is 3.18. The van der Waals surface area contributed by atoms with Gasteiger partial charge in [0.05, 0.1) is 16.2 Å². The van der Waals surface area contributed by atoms with E-state index in [4.69, 9.17) is 19.8 Å². The number of aromatic nitrogens is 2. The van der Waals surface area contributed by atoms with Crippen LogP contribution in [-0.2, 0) is 22.4 Å². The van der Waals surface area contributed by atoms with Gasteiger partial charge in [-0.25, -0.2) is 9.97 Å². The van der Waals surface area contributed by atoms with Gasteiger partial charge < -0.3 is 15.2 Å². The minimum Gasteiger partial charge on any atom is -0.481 e. The number of carboxylic acids is 1. The lowest BCUT2D eigenvalue weighted by molar-refractivity contribution is -0.136. The number of carbonyl (C=O) groups is 1. The first kappa shape index (κ1) is 21.5. The number of anilines is 2. The van der Waals surface area contributed by atoms with Gasteiger partial charge in [0.1, 0.15) is 12.4 Å². The topological polar surface area (TPSA) is 84.3 Å². The third kappa shape index (κ3) is 5.44. The van der Waals surface area contributed by atoms with Crippen molar-refractivity contribution in [3.8, 4) is 22.5 Å². The third-order valence-electron chi connectivity index (χ3n) is 4.39. The summed E-state index contributed by atoms with van der Waals surface area (Å²) in [6.07, 6.45) is 0.801. The smallest absolute Gasteiger partial charge is 0.307 e. The van der Waals surface area contributed by atoms with E-state index in [0.29, 0.717) is 12.4 Å². The Hall–Kier alpha value is -3.21. The van der Waals surface area contributed by atoms with E-state index in [9.17, 15) is 4.79 Å². The number of hydrogen-bond acceptors (Lipinski definition) is 6. The molecule has 30 heavy (non-hydrogen) atoms. The monoisotopic (exact) mass is 421 g/mol. The maximum Gasteiger partial charge on any atom is 0.307 e. The zero-order valence-electron chi connectivity index (χ0n) is 17.2. The zero-order valence-corrected chi connectivity index (χ0v) is 18.0. The highest BCUT2D eigenvalue weighted by atomic mass is 32.1. The number of rotatable bonds is 7. The lowest BCUT2D eigenvalue weighted by Gasteiger charge is -2.14. The standard InChI is InChI=1S/C23H23N3O3S/c1-4-19-15(2)24-23(20-12-11-18(30-20)6-5-13-29-3)26-22(19)25-17-9-7-16(8-10-17)14-21(27)28/h7-12H,4,13-14H2,1-3H3,(H,27,28)(H,24,25,26). The van der Waals surface area contributed by atoms with Gasteiger partial charge in [0.15, 0.2) is 5.82 Å². The number of benzene rings is 1. The van der Waals surface area contributed by atoms with E-state index in [-0.39, 0.29) is 6.42 Å². The number of ether oxygens (including phenoxy) is 1. The van der Waals surface area contributed by atoms with E-state index in [2.05, 4.69) is 24.1 Å². The molecule has 3 rings (SSSR count). The van der Waals surface area contributed by atoms with Gasteiger partial charge in [-0.15, -0.1) is 11.3 Å². The third-order valence-corrected chi connectivity index (χ3v) is 5.39. The van der Waals surface area contributed by atoms with E-state index in [1.165, 1.54) is 0 Å². The van der Waals surface area contributed by atoms with Crippen LogP contribution in [0.1, 0.15) is 28.6 Å². The van der Waals surface area contributed by atoms with Crippen molar-refractivity contribution >= 4 is 28.8 Å². The quantitative estimate of drug-likeness (QED) is 0.549. The van der Waals surface area contributed by atoms with Crippen molar-refractivity contribution < 1.29 is 14.6 Å². The summed E-state index contributed by atoms with van der Waals surface area (Å²) in [6, 6.07) is 11.3. The van der Waals surface area contributed by atoms with Crippen molar-refractivity contribution in [2.75, 3.05) is 19.0 Å². The summed E-state index contributed by atoms with van der Waals surface area (Å²) in [5.41, 5.74) is 3.57. The first-order chi connectivity index (χ1) is 14.5. The molecule has 0 saturated heterocycles. The highest BCUT2D eigenvalue weighted by Gasteiger charge is 2.13. The molecule has 0 saturated carbocycles. The molecular formula is C23H23N3O3S. The zero-order chi connectivity index (χ0) is 21.5. The van der Waals surface area contributed by atoms with E-state index in [0.717, 1.165) is 44.5 Å². The van der Waals surface area contributed by atoms with Gasteiger partial charge in [-0.05, 0) is 43.2 Å². The highest BCUT2D eigenvalue weighted by Crippen LogP contribution is 2.29. The summed E-state index contributed by atoms with van der Waals surface area (Å²) in [7, 11) is 1.62. The number of carboxylic acid groups (broad SMARTS) is 1. The van der Waals surface area contributed by atoms with Crippen LogP contribution in [0.15, 0.2) is 36.4 Å². The molecule has 3 aromatic rings. The Morgan fingerprint density at radius 2 is 1.97 bits per heavy atom. The van der Waals surface area contributed by atoms with Crippen LogP contribution < -0.4 is 5.32 Å². The average molecular weight is 422 g/mol. The van der Waals surface area contributed by atoms with Gasteiger partial charge in [-0.2, -0.15) is 0 Å². The molecule has 0 radical (unpaired) electrons. The number of nitrogens with one attached hydrogen (secondary N) is 1. The van der Waals surface area contributed by atoms with E-state index >= 15 is 0 Å². The maximum absolute atomic E-state index is 10.9. The van der Waals surface area contributed by atoms with Crippen molar-refractivity contribution in [2.24, 2.45) is 0 Å². The van der Waals surface area contributed by atoms with Crippen LogP contribution in [0.4, 0.5) is 11.5 Å². The molecule has 2 aromatic heterocycles. The van der Waals surface area contributed by atoms with Crippen LogP contribution in [0, 0.1) is 18.8 Å². The normalized spacial score (nSPS) is 10.4. The Labute approximate surface area is 180 Å². The van der Waals surface area contributed by atoms with E-state index in [1.807, 2.05) is 31.2 Å². The second-order valence-electron chi connectivity index (χ2n) is 6.60. The van der Waals surface area contributed by atoms with Crippen molar-refractivity contribution in [1.82, 2.24) is 9.97 Å². The van der Waals surface area contributed by atoms with E-state index in [1.54, 1.807) is 30.6 Å². The fourth-order valence-electron chi connectivity index (χ4n) is 2.97. The van der Waals surface area contributed by atoms with Crippen LogP contribution >= 0.6 is 11.3 Å². The molecule has 154 valence electrons. The van der Waals surface area contributed by atoms with Gasteiger partial charge in [0.2, 0.25) is 0 Å². The Balaban J connectivity index is 1.89. The number of hydrogen-bond donors (Lipinski definition) is 2. The molecule has 0 aliphatic heterocycles. The van der Waals surface area contributed by atoms with Crippen LogP contribution in [0.25, 0.3) is 10.7 Å². The van der Waals surface area contributed by atoms with Crippen molar-refractivity contribution in [3.05, 3.63) is 58.1 Å². The lowest BCUT2D eigenvalue weighted by Crippen LogP contribution is -2.05. The fraction of sp³-hybridized carbons (Fsp3) is 0.261. The summed E-state index contributed by atoms with van der Waals surface area (Å²) < 4.78 is 4.96. The molecule has 0 aliphatic rings. The maximum atomic E-state index is 10.9. The highest BCUT2D eigenvalue weighted by molar-refractivity contribution is 7.15. The van der Waals surface area contributed by atoms with E-state index < -0.39 is 5.97 Å². The molecular weight excluding hydrogens is 398 g/mol. The number of thiophene rings is 1. The summed E-state index contributed by atoms with van der Waals surface area (Å²) in [5.74, 6) is 6.59. The Morgan fingerprint density at radius 3 is 2.63 bits per heavy atom. The molecule has 0 bridgehead atoms. The summed E-state index contributed by atoms with van der Waals surface area (Å²) in [4.78, 5) is 22.2. The molecule has 1 aromatic carbocycles. The molecule has 2 N–H and O–H groups in total. The number of aliphatic carboxylic acids is 1. The first-order valence-corrected chi connectivity index (χ1v) is 10.3. The van der Waals surface area contributed by atoms with Crippen molar-refractivity contribution in [2.45, 2.75) is 26.7 Å². The van der Waals surface area contributed by atoms with Crippen LogP contribution in [0.5, 0.6) is 0 Å². The SMILES string of the molecule is CCc1c(C)nc(-c2ccc(C#CCOC)s2)nc1Nc1ccc(CC(=O)O)cc1. The molecule has 6 nitrogen and oxygen atoms in total. The van der Waals surface area contributed by atoms with Crippen LogP contribution in [0.3, 0.4) is 0 Å². The fourth-order valence-corrected chi connectivity index (χ4v) is 3.79. The Bertz CT molecular complexity index is 1100. The molecule has 0 spiro atoms. The lowest BCUT2D eigenvalue weighted by atomic mass is 10.1. The van der Waals surface area contributed by atoms with Gasteiger partial charge in [0.25, 0.3) is 0 Å². The number of aryl methyl sites for hydroxylation is 1. The Morgan fingerprint density at radius 1 is 1.20 bits per heavy atom. The number of methoxy groups -OCH3 is 1. The minimum atomic E-state index is -0.845. The molecule has 7 heteroatoms. The molecule has 0 fully saturated rings.